The number of amides is 1. The molecule has 0 bridgehead atoms. The molecule has 7 heteroatoms. The zero-order chi connectivity index (χ0) is 16.3. The van der Waals surface area contributed by atoms with Gasteiger partial charge in [-0.3, -0.25) is 4.79 Å². The number of nitrogens with two attached hydrogens (primary N) is 1. The smallest absolute Gasteiger partial charge is 0.398 e. The van der Waals surface area contributed by atoms with Crippen molar-refractivity contribution in [2.45, 2.75) is 12.7 Å². The number of benzene rings is 2. The molecule has 0 aliphatic heterocycles. The van der Waals surface area contributed by atoms with Gasteiger partial charge in [0.25, 0.3) is 5.91 Å². The highest BCUT2D eigenvalue weighted by Crippen LogP contribution is 2.30. The highest BCUT2D eigenvalue weighted by molar-refractivity contribution is 5.98. The standard InChI is InChI=1S/C15H12F4N2O/c16-11-6-9(5-10(7-11)15(17,18)19)8-21-14(22)12-3-1-2-4-13(12)20/h1-7H,8,20H2,(H,21,22). The zero-order valence-electron chi connectivity index (χ0n) is 11.2. The maximum absolute atomic E-state index is 13.2. The summed E-state index contributed by atoms with van der Waals surface area (Å²) in [4.78, 5) is 11.9. The lowest BCUT2D eigenvalue weighted by Gasteiger charge is -2.11. The highest BCUT2D eigenvalue weighted by Gasteiger charge is 2.31. The molecule has 0 atom stereocenters. The van der Waals surface area contributed by atoms with E-state index in [0.29, 0.717) is 6.07 Å². The van der Waals surface area contributed by atoms with Gasteiger partial charge in [-0.15, -0.1) is 0 Å². The van der Waals surface area contributed by atoms with Crippen LogP contribution in [0.1, 0.15) is 21.5 Å². The third-order valence-electron chi connectivity index (χ3n) is 2.94. The van der Waals surface area contributed by atoms with Gasteiger partial charge in [0, 0.05) is 12.2 Å². The number of anilines is 1. The fraction of sp³-hybridized carbons (Fsp3) is 0.133. The van der Waals surface area contributed by atoms with Crippen LogP contribution in [0.15, 0.2) is 42.5 Å². The van der Waals surface area contributed by atoms with E-state index in [1.54, 1.807) is 12.1 Å². The van der Waals surface area contributed by atoms with E-state index in [1.807, 2.05) is 0 Å². The normalized spacial score (nSPS) is 11.3. The van der Waals surface area contributed by atoms with E-state index in [-0.39, 0.29) is 23.4 Å². The first-order chi connectivity index (χ1) is 10.3. The Kier molecular flexibility index (Phi) is 4.35. The Morgan fingerprint density at radius 3 is 2.45 bits per heavy atom. The van der Waals surface area contributed by atoms with Gasteiger partial charge >= 0.3 is 6.18 Å². The molecule has 0 aliphatic carbocycles. The van der Waals surface area contributed by atoms with Crippen molar-refractivity contribution in [2.24, 2.45) is 0 Å². The molecule has 0 radical (unpaired) electrons. The number of hydrogen-bond donors (Lipinski definition) is 2. The van der Waals surface area contributed by atoms with Crippen LogP contribution in [0.2, 0.25) is 0 Å². The minimum absolute atomic E-state index is 0.00942. The van der Waals surface area contributed by atoms with Crippen LogP contribution in [0, 0.1) is 5.82 Å². The van der Waals surface area contributed by atoms with Crippen molar-refractivity contribution in [1.29, 1.82) is 0 Å². The van der Waals surface area contributed by atoms with Gasteiger partial charge in [-0.2, -0.15) is 13.2 Å². The molecule has 1 amide bonds. The van der Waals surface area contributed by atoms with Gasteiger partial charge in [-0.1, -0.05) is 12.1 Å². The molecular formula is C15H12F4N2O. The van der Waals surface area contributed by atoms with Gasteiger partial charge in [0.15, 0.2) is 0 Å². The van der Waals surface area contributed by atoms with Crippen LogP contribution in [-0.4, -0.2) is 5.91 Å². The van der Waals surface area contributed by atoms with Gasteiger partial charge in [-0.25, -0.2) is 4.39 Å². The second kappa shape index (κ2) is 6.05. The summed E-state index contributed by atoms with van der Waals surface area (Å²) in [6, 6.07) is 8.39. The average Bonchev–Trinajstić information content (AvgIpc) is 2.44. The van der Waals surface area contributed by atoms with Gasteiger partial charge in [-0.05, 0) is 35.9 Å². The summed E-state index contributed by atoms with van der Waals surface area (Å²) in [5.41, 5.74) is 4.98. The first-order valence-corrected chi connectivity index (χ1v) is 6.27. The molecule has 3 nitrogen and oxygen atoms in total. The van der Waals surface area contributed by atoms with E-state index in [1.165, 1.54) is 12.1 Å². The van der Waals surface area contributed by atoms with Crippen LogP contribution in [0.4, 0.5) is 23.2 Å². The predicted molar refractivity (Wildman–Crippen MR) is 73.4 cm³/mol. The number of nitrogens with one attached hydrogen (secondary N) is 1. The van der Waals surface area contributed by atoms with Crippen LogP contribution < -0.4 is 11.1 Å². The fourth-order valence-corrected chi connectivity index (χ4v) is 1.90. The molecule has 3 N–H and O–H groups in total. The summed E-state index contributed by atoms with van der Waals surface area (Å²) in [6.07, 6.45) is -4.65. The maximum atomic E-state index is 13.2. The van der Waals surface area contributed by atoms with Crippen molar-refractivity contribution in [1.82, 2.24) is 5.32 Å². The second-order valence-electron chi connectivity index (χ2n) is 4.62. The van der Waals surface area contributed by atoms with Gasteiger partial charge in [0.05, 0.1) is 11.1 Å². The number of rotatable bonds is 3. The lowest BCUT2D eigenvalue weighted by Crippen LogP contribution is -2.24. The Hall–Kier alpha value is -2.57. The van der Waals surface area contributed by atoms with Gasteiger partial charge in [0.1, 0.15) is 5.82 Å². The lowest BCUT2D eigenvalue weighted by molar-refractivity contribution is -0.137. The highest BCUT2D eigenvalue weighted by atomic mass is 19.4. The summed E-state index contributed by atoms with van der Waals surface area (Å²) in [5, 5.41) is 2.41. The van der Waals surface area contributed by atoms with Crippen LogP contribution in [0.5, 0.6) is 0 Å². The zero-order valence-corrected chi connectivity index (χ0v) is 11.2. The average molecular weight is 312 g/mol. The minimum Gasteiger partial charge on any atom is -0.398 e. The van der Waals surface area contributed by atoms with Crippen molar-refractivity contribution in [3.63, 3.8) is 0 Å². The number of carbonyl (C=O) groups excluding carboxylic acids is 1. The van der Waals surface area contributed by atoms with Crippen molar-refractivity contribution in [3.05, 3.63) is 65.0 Å². The maximum Gasteiger partial charge on any atom is 0.416 e. The Labute approximate surface area is 123 Å². The monoisotopic (exact) mass is 312 g/mol. The SMILES string of the molecule is Nc1ccccc1C(=O)NCc1cc(F)cc(C(F)(F)F)c1. The summed E-state index contributed by atoms with van der Waals surface area (Å²) in [5.74, 6) is -1.56. The molecule has 2 aromatic rings. The van der Waals surface area contributed by atoms with Crippen molar-refractivity contribution >= 4 is 11.6 Å². The summed E-state index contributed by atoms with van der Waals surface area (Å²) in [6.45, 7) is -0.242. The predicted octanol–water partition coefficient (Wildman–Crippen LogP) is 3.36. The summed E-state index contributed by atoms with van der Waals surface area (Å²) in [7, 11) is 0. The number of halogens is 4. The molecule has 0 heterocycles. The number of para-hydroxylation sites is 1. The molecule has 0 saturated carbocycles. The Morgan fingerprint density at radius 1 is 1.14 bits per heavy atom. The lowest BCUT2D eigenvalue weighted by atomic mass is 10.1. The minimum atomic E-state index is -4.65. The first-order valence-electron chi connectivity index (χ1n) is 6.27. The molecule has 0 spiro atoms. The third kappa shape index (κ3) is 3.75. The first kappa shape index (κ1) is 15.8. The topological polar surface area (TPSA) is 55.1 Å². The second-order valence-corrected chi connectivity index (χ2v) is 4.62. The van der Waals surface area contributed by atoms with Crippen molar-refractivity contribution in [2.75, 3.05) is 5.73 Å². The van der Waals surface area contributed by atoms with E-state index in [9.17, 15) is 22.4 Å². The number of alkyl halides is 3. The van der Waals surface area contributed by atoms with Crippen LogP contribution in [0.25, 0.3) is 0 Å². The molecule has 0 aliphatic rings. The van der Waals surface area contributed by atoms with Crippen molar-refractivity contribution in [3.8, 4) is 0 Å². The molecule has 116 valence electrons. The molecule has 0 unspecified atom stereocenters. The van der Waals surface area contributed by atoms with Crippen LogP contribution >= 0.6 is 0 Å². The number of nitrogen functional groups attached to an aromatic ring is 1. The Morgan fingerprint density at radius 2 is 1.82 bits per heavy atom. The van der Waals surface area contributed by atoms with E-state index in [4.69, 9.17) is 5.73 Å². The van der Waals surface area contributed by atoms with E-state index in [0.717, 1.165) is 12.1 Å². The third-order valence-corrected chi connectivity index (χ3v) is 2.94. The molecule has 22 heavy (non-hydrogen) atoms. The van der Waals surface area contributed by atoms with E-state index >= 15 is 0 Å². The molecule has 0 aromatic heterocycles. The van der Waals surface area contributed by atoms with Crippen LogP contribution in [0.3, 0.4) is 0 Å². The van der Waals surface area contributed by atoms with Crippen molar-refractivity contribution < 1.29 is 22.4 Å². The van der Waals surface area contributed by atoms with Gasteiger partial charge < -0.3 is 11.1 Å². The quantitative estimate of drug-likeness (QED) is 0.674. The number of hydrogen-bond acceptors (Lipinski definition) is 2. The molecular weight excluding hydrogens is 300 g/mol. The molecule has 0 saturated heterocycles. The van der Waals surface area contributed by atoms with Crippen LogP contribution in [-0.2, 0) is 12.7 Å². The van der Waals surface area contributed by atoms with Gasteiger partial charge in [0.2, 0.25) is 0 Å². The number of carbonyl (C=O) groups is 1. The summed E-state index contributed by atoms with van der Waals surface area (Å²) < 4.78 is 51.0. The Balaban J connectivity index is 2.14. The van der Waals surface area contributed by atoms with E-state index < -0.39 is 23.5 Å². The largest absolute Gasteiger partial charge is 0.416 e. The fourth-order valence-electron chi connectivity index (χ4n) is 1.90. The molecule has 0 fully saturated rings. The summed E-state index contributed by atoms with van der Waals surface area (Å²) >= 11 is 0. The Bertz CT molecular complexity index is 698. The molecule has 2 aromatic carbocycles. The van der Waals surface area contributed by atoms with E-state index in [2.05, 4.69) is 5.32 Å². The molecule has 2 rings (SSSR count).